The van der Waals surface area contributed by atoms with Gasteiger partial charge in [0.15, 0.2) is 10.1 Å². The van der Waals surface area contributed by atoms with Crippen LogP contribution in [0.2, 0.25) is 0 Å². The third-order valence-electron chi connectivity index (χ3n) is 3.35. The van der Waals surface area contributed by atoms with Crippen LogP contribution in [0.1, 0.15) is 26.2 Å². The van der Waals surface area contributed by atoms with E-state index in [1.165, 1.54) is 6.92 Å². The Morgan fingerprint density at radius 3 is 2.00 bits per heavy atom. The van der Waals surface area contributed by atoms with Crippen molar-refractivity contribution in [1.82, 2.24) is 5.32 Å². The number of carbonyl (C=O) groups is 2. The number of hydrogen-bond acceptors (Lipinski definition) is 7. The van der Waals surface area contributed by atoms with Crippen molar-refractivity contribution in [3.8, 4) is 0 Å². The van der Waals surface area contributed by atoms with Crippen LogP contribution < -0.4 is 5.32 Å². The Bertz CT molecular complexity index is 784. The van der Waals surface area contributed by atoms with Crippen LogP contribution >= 0.6 is 0 Å². The molecule has 182 valence electrons. The van der Waals surface area contributed by atoms with Gasteiger partial charge in [0.05, 0.1) is 6.61 Å². The van der Waals surface area contributed by atoms with Crippen LogP contribution in [-0.4, -0.2) is 61.1 Å². The van der Waals surface area contributed by atoms with Gasteiger partial charge in [0.25, 0.3) is 0 Å². The minimum absolute atomic E-state index is 0.0639. The van der Waals surface area contributed by atoms with E-state index in [0.717, 1.165) is 0 Å². The highest BCUT2D eigenvalue weighted by Crippen LogP contribution is 2.42. The van der Waals surface area contributed by atoms with Gasteiger partial charge in [0, 0.05) is 13.0 Å². The Labute approximate surface area is 170 Å². The fourth-order valence-corrected chi connectivity index (χ4v) is 2.26. The molecule has 1 unspecified atom stereocenters. The van der Waals surface area contributed by atoms with Gasteiger partial charge in [0.2, 0.25) is 5.83 Å². The minimum atomic E-state index is -6.84. The maximum atomic E-state index is 13.5. The largest absolute Gasteiger partial charge is 0.743 e. The van der Waals surface area contributed by atoms with Gasteiger partial charge in [-0.05, 0) is 12.8 Å². The summed E-state index contributed by atoms with van der Waals surface area (Å²) in [5.41, 5.74) is 0. The second-order valence-corrected chi connectivity index (χ2v) is 7.21. The molecule has 0 aromatic carbocycles. The first-order chi connectivity index (χ1) is 13.8. The van der Waals surface area contributed by atoms with Crippen molar-refractivity contribution >= 4 is 22.0 Å². The molecule has 1 N–H and O–H groups in total. The highest BCUT2D eigenvalue weighted by Gasteiger charge is 2.67. The molecule has 0 fully saturated rings. The number of hydrogen-bond donors (Lipinski definition) is 1. The van der Waals surface area contributed by atoms with Crippen molar-refractivity contribution in [3.63, 3.8) is 0 Å². The summed E-state index contributed by atoms with van der Waals surface area (Å²) in [6.45, 7) is 1.68. The Hall–Kier alpha value is -2.01. The number of ether oxygens (including phenoxy) is 2. The molecule has 0 heterocycles. The van der Waals surface area contributed by atoms with E-state index in [-0.39, 0.29) is 6.42 Å². The zero-order valence-corrected chi connectivity index (χ0v) is 16.3. The molecule has 0 aliphatic carbocycles. The molecule has 0 aliphatic rings. The number of amides is 1. The average molecular weight is 494 g/mol. The molecule has 0 aliphatic heterocycles. The SMILES string of the molecule is C=C(F)C(=O)OC(OCCCC(F)(F)C(F)(F)S(=O)(=O)[O-])(C(=O)NCCC)C(F)(F)F. The lowest BCUT2D eigenvalue weighted by Gasteiger charge is -2.33. The smallest absolute Gasteiger partial charge is 0.466 e. The van der Waals surface area contributed by atoms with Gasteiger partial charge in [0.1, 0.15) is 0 Å². The predicted molar refractivity (Wildman–Crippen MR) is 83.2 cm³/mol. The van der Waals surface area contributed by atoms with Crippen molar-refractivity contribution in [2.75, 3.05) is 13.2 Å². The summed E-state index contributed by atoms with van der Waals surface area (Å²) in [7, 11) is -6.84. The number of esters is 1. The van der Waals surface area contributed by atoms with E-state index in [9.17, 15) is 57.7 Å². The van der Waals surface area contributed by atoms with E-state index in [0.29, 0.717) is 0 Å². The molecule has 0 saturated heterocycles. The fourth-order valence-electron chi connectivity index (χ4n) is 1.79. The predicted octanol–water partition coefficient (Wildman–Crippen LogP) is 2.37. The highest BCUT2D eigenvalue weighted by atomic mass is 32.2. The number of carbonyl (C=O) groups excluding carboxylic acids is 2. The van der Waals surface area contributed by atoms with Crippen molar-refractivity contribution in [3.05, 3.63) is 12.4 Å². The summed E-state index contributed by atoms with van der Waals surface area (Å²) < 4.78 is 145. The maximum absolute atomic E-state index is 13.5. The number of nitrogens with one attached hydrogen (secondary N) is 1. The van der Waals surface area contributed by atoms with Crippen LogP contribution in [0, 0.1) is 0 Å². The Morgan fingerprint density at radius 2 is 1.61 bits per heavy atom. The van der Waals surface area contributed by atoms with Crippen LogP contribution in [0.3, 0.4) is 0 Å². The van der Waals surface area contributed by atoms with E-state index >= 15 is 0 Å². The van der Waals surface area contributed by atoms with Crippen molar-refractivity contribution in [2.45, 2.75) is 49.3 Å². The topological polar surface area (TPSA) is 122 Å². The molecule has 0 aromatic heterocycles. The Kier molecular flexibility index (Phi) is 9.42. The van der Waals surface area contributed by atoms with Crippen molar-refractivity contribution in [1.29, 1.82) is 0 Å². The van der Waals surface area contributed by atoms with E-state index in [4.69, 9.17) is 0 Å². The summed E-state index contributed by atoms with van der Waals surface area (Å²) in [5.74, 6) is -16.8. The van der Waals surface area contributed by atoms with Gasteiger partial charge >= 0.3 is 35.0 Å². The van der Waals surface area contributed by atoms with Gasteiger partial charge < -0.3 is 19.3 Å². The number of alkyl halides is 7. The highest BCUT2D eigenvalue weighted by molar-refractivity contribution is 7.86. The number of halogens is 8. The molecule has 0 bridgehead atoms. The molecule has 0 saturated carbocycles. The standard InChI is InChI=1S/C14H17F8NO7S/c1-3-6-23-10(25)12(13(18,19)20,30-9(24)8(2)15)29-7-4-5-11(16,17)14(21,22)31(26,27)28/h2-7H2,1H3,(H,23,25)(H,26,27,28)/p-1. The number of rotatable bonds is 12. The molecule has 31 heavy (non-hydrogen) atoms. The second kappa shape index (κ2) is 10.1. The molecule has 0 rings (SSSR count). The molecule has 1 amide bonds. The fraction of sp³-hybridized carbons (Fsp3) is 0.714. The van der Waals surface area contributed by atoms with Crippen LogP contribution in [0.4, 0.5) is 35.1 Å². The molecule has 1 atom stereocenters. The Morgan fingerprint density at radius 1 is 1.10 bits per heavy atom. The second-order valence-electron chi connectivity index (χ2n) is 5.79. The van der Waals surface area contributed by atoms with Gasteiger partial charge in [-0.3, -0.25) is 4.79 Å². The normalized spacial score (nSPS) is 15.2. The van der Waals surface area contributed by atoms with Crippen LogP contribution in [-0.2, 0) is 29.2 Å². The maximum Gasteiger partial charge on any atom is 0.466 e. The molecule has 0 radical (unpaired) electrons. The summed E-state index contributed by atoms with van der Waals surface area (Å²) >= 11 is 0. The van der Waals surface area contributed by atoms with Gasteiger partial charge in [-0.2, -0.15) is 35.1 Å². The first-order valence-electron chi connectivity index (χ1n) is 8.04. The molecule has 0 aromatic rings. The van der Waals surface area contributed by atoms with Crippen LogP contribution in [0.25, 0.3) is 0 Å². The summed E-state index contributed by atoms with van der Waals surface area (Å²) in [4.78, 5) is 23.2. The molecular weight excluding hydrogens is 478 g/mol. The Balaban J connectivity index is 5.71. The third kappa shape index (κ3) is 6.73. The monoisotopic (exact) mass is 494 g/mol. The summed E-state index contributed by atoms with van der Waals surface area (Å²) in [6.07, 6.45) is -9.52. The quantitative estimate of drug-likeness (QED) is 0.110. The van der Waals surface area contributed by atoms with Crippen LogP contribution in [0.15, 0.2) is 12.4 Å². The first kappa shape index (κ1) is 29.0. The lowest BCUT2D eigenvalue weighted by Crippen LogP contribution is -2.61. The van der Waals surface area contributed by atoms with Gasteiger partial charge in [-0.1, -0.05) is 13.5 Å². The molecular formula is C14H16F8NO7S-. The molecule has 8 nitrogen and oxygen atoms in total. The van der Waals surface area contributed by atoms with Crippen LogP contribution in [0.5, 0.6) is 0 Å². The lowest BCUT2D eigenvalue weighted by atomic mass is 10.2. The van der Waals surface area contributed by atoms with E-state index in [2.05, 4.69) is 16.1 Å². The third-order valence-corrected chi connectivity index (χ3v) is 4.27. The van der Waals surface area contributed by atoms with E-state index in [1.807, 2.05) is 0 Å². The van der Waals surface area contributed by atoms with Gasteiger partial charge in [-0.15, -0.1) is 0 Å². The van der Waals surface area contributed by atoms with E-state index in [1.54, 1.807) is 5.32 Å². The van der Waals surface area contributed by atoms with E-state index < -0.39 is 77.0 Å². The average Bonchev–Trinajstić information content (AvgIpc) is 2.59. The summed E-state index contributed by atoms with van der Waals surface area (Å²) in [6, 6.07) is 0. The van der Waals surface area contributed by atoms with Gasteiger partial charge in [-0.25, -0.2) is 13.2 Å². The lowest BCUT2D eigenvalue weighted by molar-refractivity contribution is -0.347. The van der Waals surface area contributed by atoms with Crippen molar-refractivity contribution < 1.29 is 67.2 Å². The first-order valence-corrected chi connectivity index (χ1v) is 9.45. The zero-order valence-electron chi connectivity index (χ0n) is 15.5. The summed E-state index contributed by atoms with van der Waals surface area (Å²) in [5, 5.41) is -4.48. The molecule has 0 spiro atoms. The minimum Gasteiger partial charge on any atom is -0.743 e. The molecule has 17 heteroatoms. The zero-order chi connectivity index (χ0) is 24.9. The van der Waals surface area contributed by atoms with Crippen molar-refractivity contribution in [2.24, 2.45) is 0 Å².